The van der Waals surface area contributed by atoms with Crippen molar-refractivity contribution in [2.24, 2.45) is 0 Å². The first-order chi connectivity index (χ1) is 11.9. The predicted octanol–water partition coefficient (Wildman–Crippen LogP) is 3.63. The number of carbonyl (C=O) groups excluding carboxylic acids is 2. The second-order valence-corrected chi connectivity index (χ2v) is 6.57. The van der Waals surface area contributed by atoms with E-state index in [9.17, 15) is 9.59 Å². The number of hydrogen-bond donors (Lipinski definition) is 3. The Morgan fingerprint density at radius 1 is 1.04 bits per heavy atom. The number of anilines is 3. The van der Waals surface area contributed by atoms with Gasteiger partial charge in [-0.2, -0.15) is 0 Å². The number of benzene rings is 2. The second-order valence-electron chi connectivity index (χ2n) is 6.57. The van der Waals surface area contributed by atoms with Gasteiger partial charge in [0.05, 0.1) is 0 Å². The van der Waals surface area contributed by atoms with Gasteiger partial charge in [-0.3, -0.25) is 9.59 Å². The third-order valence-electron chi connectivity index (χ3n) is 4.55. The third kappa shape index (κ3) is 3.99. The highest BCUT2D eigenvalue weighted by molar-refractivity contribution is 5.97. The van der Waals surface area contributed by atoms with Crippen molar-refractivity contribution in [3.8, 4) is 0 Å². The van der Waals surface area contributed by atoms with E-state index < -0.39 is 0 Å². The highest BCUT2D eigenvalue weighted by Gasteiger charge is 2.17. The zero-order valence-corrected chi connectivity index (χ0v) is 14.8. The molecule has 2 aromatic rings. The van der Waals surface area contributed by atoms with Gasteiger partial charge in [0.1, 0.15) is 6.04 Å². The minimum atomic E-state index is -0.377. The summed E-state index contributed by atoms with van der Waals surface area (Å²) in [5.74, 6) is -0.0383. The van der Waals surface area contributed by atoms with Gasteiger partial charge in [-0.1, -0.05) is 6.07 Å². The zero-order valence-electron chi connectivity index (χ0n) is 14.8. The molecule has 3 N–H and O–H groups in total. The largest absolute Gasteiger partial charge is 0.374 e. The molecule has 0 unspecified atom stereocenters. The normalized spacial score (nSPS) is 14.3. The lowest BCUT2D eigenvalue weighted by atomic mass is 10.0. The van der Waals surface area contributed by atoms with Crippen molar-refractivity contribution in [2.75, 3.05) is 16.0 Å². The van der Waals surface area contributed by atoms with Crippen LogP contribution in [0, 0.1) is 13.8 Å². The van der Waals surface area contributed by atoms with Crippen molar-refractivity contribution < 1.29 is 9.59 Å². The van der Waals surface area contributed by atoms with Gasteiger partial charge in [0.25, 0.3) is 0 Å². The number of aryl methyl sites for hydroxylation is 3. The molecular weight excluding hydrogens is 314 g/mol. The van der Waals surface area contributed by atoms with Crippen LogP contribution in [0.4, 0.5) is 17.1 Å². The van der Waals surface area contributed by atoms with Gasteiger partial charge >= 0.3 is 0 Å². The van der Waals surface area contributed by atoms with Gasteiger partial charge in [0.2, 0.25) is 11.8 Å². The SMILES string of the molecule is Cc1ccc(NC(=O)[C@H](C)Nc2ccc3c(c2)CCC(=O)N3)cc1C. The molecule has 25 heavy (non-hydrogen) atoms. The summed E-state index contributed by atoms with van der Waals surface area (Å²) in [4.78, 5) is 23.8. The van der Waals surface area contributed by atoms with E-state index in [0.717, 1.165) is 34.6 Å². The van der Waals surface area contributed by atoms with E-state index in [-0.39, 0.29) is 17.9 Å². The lowest BCUT2D eigenvalue weighted by Gasteiger charge is -2.20. The monoisotopic (exact) mass is 337 g/mol. The summed E-state index contributed by atoms with van der Waals surface area (Å²) in [5.41, 5.74) is 5.97. The smallest absolute Gasteiger partial charge is 0.246 e. The van der Waals surface area contributed by atoms with Crippen LogP contribution < -0.4 is 16.0 Å². The van der Waals surface area contributed by atoms with E-state index in [2.05, 4.69) is 16.0 Å². The summed E-state index contributed by atoms with van der Waals surface area (Å²) in [5, 5.41) is 9.02. The highest BCUT2D eigenvalue weighted by atomic mass is 16.2. The maximum Gasteiger partial charge on any atom is 0.246 e. The Balaban J connectivity index is 1.65. The van der Waals surface area contributed by atoms with E-state index in [1.807, 2.05) is 57.2 Å². The number of rotatable bonds is 4. The molecule has 5 heteroatoms. The fourth-order valence-corrected chi connectivity index (χ4v) is 2.86. The van der Waals surface area contributed by atoms with E-state index in [1.54, 1.807) is 0 Å². The van der Waals surface area contributed by atoms with Crippen LogP contribution in [0.2, 0.25) is 0 Å². The molecule has 2 amide bonds. The molecule has 0 aromatic heterocycles. The van der Waals surface area contributed by atoms with Crippen LogP contribution in [0.5, 0.6) is 0 Å². The average molecular weight is 337 g/mol. The Bertz CT molecular complexity index is 830. The number of fused-ring (bicyclic) bond motifs is 1. The van der Waals surface area contributed by atoms with Gasteiger partial charge in [-0.25, -0.2) is 0 Å². The summed E-state index contributed by atoms with van der Waals surface area (Å²) >= 11 is 0. The van der Waals surface area contributed by atoms with E-state index in [4.69, 9.17) is 0 Å². The van der Waals surface area contributed by atoms with Gasteiger partial charge in [-0.05, 0) is 74.2 Å². The van der Waals surface area contributed by atoms with Crippen molar-refractivity contribution in [3.63, 3.8) is 0 Å². The van der Waals surface area contributed by atoms with Crippen LogP contribution in [-0.2, 0) is 16.0 Å². The van der Waals surface area contributed by atoms with Crippen molar-refractivity contribution in [2.45, 2.75) is 39.7 Å². The Hall–Kier alpha value is -2.82. The number of carbonyl (C=O) groups is 2. The van der Waals surface area contributed by atoms with E-state index in [0.29, 0.717) is 6.42 Å². The number of hydrogen-bond acceptors (Lipinski definition) is 3. The molecular formula is C20H23N3O2. The van der Waals surface area contributed by atoms with Crippen LogP contribution in [0.25, 0.3) is 0 Å². The molecule has 0 saturated heterocycles. The maximum absolute atomic E-state index is 12.4. The summed E-state index contributed by atoms with van der Waals surface area (Å²) < 4.78 is 0. The predicted molar refractivity (Wildman–Crippen MR) is 101 cm³/mol. The Morgan fingerprint density at radius 3 is 2.56 bits per heavy atom. The van der Waals surface area contributed by atoms with E-state index in [1.165, 1.54) is 5.56 Å². The van der Waals surface area contributed by atoms with Crippen molar-refractivity contribution >= 4 is 28.9 Å². The van der Waals surface area contributed by atoms with Crippen LogP contribution >= 0.6 is 0 Å². The third-order valence-corrected chi connectivity index (χ3v) is 4.55. The minimum absolute atomic E-state index is 0.0503. The molecule has 1 aliphatic heterocycles. The molecule has 5 nitrogen and oxygen atoms in total. The molecule has 1 heterocycles. The van der Waals surface area contributed by atoms with Crippen LogP contribution in [-0.4, -0.2) is 17.9 Å². The second kappa shape index (κ2) is 6.97. The minimum Gasteiger partial charge on any atom is -0.374 e. The van der Waals surface area contributed by atoms with Gasteiger partial charge in [0, 0.05) is 23.5 Å². The summed E-state index contributed by atoms with van der Waals surface area (Å²) in [6, 6.07) is 11.3. The summed E-state index contributed by atoms with van der Waals surface area (Å²) in [7, 11) is 0. The summed E-state index contributed by atoms with van der Waals surface area (Å²) in [6.45, 7) is 5.90. The fourth-order valence-electron chi connectivity index (χ4n) is 2.86. The molecule has 1 aliphatic rings. The van der Waals surface area contributed by atoms with Crippen molar-refractivity contribution in [3.05, 3.63) is 53.1 Å². The first-order valence-corrected chi connectivity index (χ1v) is 8.50. The topological polar surface area (TPSA) is 70.2 Å². The van der Waals surface area contributed by atoms with E-state index >= 15 is 0 Å². The molecule has 3 rings (SSSR count). The maximum atomic E-state index is 12.4. The molecule has 0 spiro atoms. The standard InChI is InChI=1S/C20H23N3O2/c1-12-4-6-16(10-13(12)2)22-20(25)14(3)21-17-7-8-18-15(11-17)5-9-19(24)23-18/h4,6-8,10-11,14,21H,5,9H2,1-3H3,(H,22,25)(H,23,24)/t14-/m0/s1. The fraction of sp³-hybridized carbons (Fsp3) is 0.300. The molecule has 0 saturated carbocycles. The quantitative estimate of drug-likeness (QED) is 0.798. The number of amides is 2. The molecule has 1 atom stereocenters. The molecule has 0 bridgehead atoms. The Morgan fingerprint density at radius 2 is 1.80 bits per heavy atom. The summed E-state index contributed by atoms with van der Waals surface area (Å²) in [6.07, 6.45) is 1.22. The van der Waals surface area contributed by atoms with Gasteiger partial charge in [-0.15, -0.1) is 0 Å². The zero-order chi connectivity index (χ0) is 18.0. The highest BCUT2D eigenvalue weighted by Crippen LogP contribution is 2.26. The van der Waals surface area contributed by atoms with Crippen LogP contribution in [0.15, 0.2) is 36.4 Å². The molecule has 130 valence electrons. The van der Waals surface area contributed by atoms with Crippen molar-refractivity contribution in [1.82, 2.24) is 0 Å². The van der Waals surface area contributed by atoms with Crippen molar-refractivity contribution in [1.29, 1.82) is 0 Å². The van der Waals surface area contributed by atoms with Gasteiger partial charge < -0.3 is 16.0 Å². The van der Waals surface area contributed by atoms with Gasteiger partial charge in [0.15, 0.2) is 0 Å². The van der Waals surface area contributed by atoms with Crippen LogP contribution in [0.3, 0.4) is 0 Å². The van der Waals surface area contributed by atoms with Crippen LogP contribution in [0.1, 0.15) is 30.0 Å². The Kier molecular flexibility index (Phi) is 4.74. The lowest BCUT2D eigenvalue weighted by Crippen LogP contribution is -2.32. The Labute approximate surface area is 147 Å². The lowest BCUT2D eigenvalue weighted by molar-refractivity contribution is -0.117. The molecule has 0 fully saturated rings. The molecule has 0 radical (unpaired) electrons. The average Bonchev–Trinajstić information content (AvgIpc) is 2.58. The number of nitrogens with one attached hydrogen (secondary N) is 3. The first kappa shape index (κ1) is 17.0. The first-order valence-electron chi connectivity index (χ1n) is 8.50. The molecule has 2 aromatic carbocycles. The molecule has 0 aliphatic carbocycles.